The molecule has 0 aliphatic heterocycles. The number of rotatable bonds is 6. The van der Waals surface area contributed by atoms with Crippen LogP contribution in [0.15, 0.2) is 0 Å². The summed E-state index contributed by atoms with van der Waals surface area (Å²) in [5.74, 6) is -0.691. The minimum Gasteiger partial charge on any atom is -0.481 e. The van der Waals surface area contributed by atoms with Crippen LogP contribution in [-0.4, -0.2) is 48.3 Å². The molecule has 1 aliphatic carbocycles. The van der Waals surface area contributed by atoms with Gasteiger partial charge in [0.05, 0.1) is 12.5 Å². The summed E-state index contributed by atoms with van der Waals surface area (Å²) in [5.41, 5.74) is -0.156. The van der Waals surface area contributed by atoms with Gasteiger partial charge >= 0.3 is 5.97 Å². The van der Waals surface area contributed by atoms with Crippen molar-refractivity contribution in [2.24, 2.45) is 0 Å². The highest BCUT2D eigenvalue weighted by molar-refractivity contribution is 5.68. The van der Waals surface area contributed by atoms with Gasteiger partial charge in [0.15, 0.2) is 0 Å². The first-order valence-electron chi connectivity index (χ1n) is 6.46. The fourth-order valence-electron chi connectivity index (χ4n) is 2.84. The predicted molar refractivity (Wildman–Crippen MR) is 67.2 cm³/mol. The molecule has 1 saturated carbocycles. The molecule has 4 nitrogen and oxygen atoms in total. The number of aliphatic carboxylic acids is 1. The maximum atomic E-state index is 11.1. The van der Waals surface area contributed by atoms with Crippen molar-refractivity contribution in [2.45, 2.75) is 57.1 Å². The molecule has 0 heterocycles. The quantitative estimate of drug-likeness (QED) is 0.776. The largest absolute Gasteiger partial charge is 0.481 e. The van der Waals surface area contributed by atoms with Crippen molar-refractivity contribution in [1.29, 1.82) is 0 Å². The van der Waals surface area contributed by atoms with E-state index in [1.54, 1.807) is 7.11 Å². The molecule has 0 aromatic rings. The number of carboxylic acids is 1. The lowest BCUT2D eigenvalue weighted by Crippen LogP contribution is -2.51. The molecule has 0 amide bonds. The summed E-state index contributed by atoms with van der Waals surface area (Å²) < 4.78 is 5.27. The molecule has 0 bridgehead atoms. The number of carbonyl (C=O) groups is 1. The number of nitrogens with zero attached hydrogens (tertiary/aromatic N) is 1. The number of ether oxygens (including phenoxy) is 1. The molecule has 0 aromatic carbocycles. The molecule has 0 spiro atoms. The highest BCUT2D eigenvalue weighted by Gasteiger charge is 2.38. The second-order valence-electron chi connectivity index (χ2n) is 5.28. The third-order valence-corrected chi connectivity index (χ3v) is 4.01. The molecular weight excluding hydrogens is 218 g/mol. The maximum absolute atomic E-state index is 11.1. The van der Waals surface area contributed by atoms with Gasteiger partial charge in [-0.15, -0.1) is 0 Å². The van der Waals surface area contributed by atoms with E-state index in [-0.39, 0.29) is 18.1 Å². The maximum Gasteiger partial charge on any atom is 0.305 e. The molecule has 0 saturated heterocycles. The first-order chi connectivity index (χ1) is 8.00. The van der Waals surface area contributed by atoms with E-state index in [9.17, 15) is 4.79 Å². The second kappa shape index (κ2) is 6.36. The van der Waals surface area contributed by atoms with Crippen LogP contribution in [-0.2, 0) is 9.53 Å². The van der Waals surface area contributed by atoms with Crippen LogP contribution in [0.3, 0.4) is 0 Å². The van der Waals surface area contributed by atoms with Crippen LogP contribution >= 0.6 is 0 Å². The zero-order valence-electron chi connectivity index (χ0n) is 11.2. The van der Waals surface area contributed by atoms with Crippen LogP contribution in [0.4, 0.5) is 0 Å². The van der Waals surface area contributed by atoms with Crippen molar-refractivity contribution in [3.05, 3.63) is 0 Å². The third-order valence-electron chi connectivity index (χ3n) is 4.01. The van der Waals surface area contributed by atoms with Crippen molar-refractivity contribution in [3.8, 4) is 0 Å². The molecule has 0 radical (unpaired) electrons. The Bertz CT molecular complexity index is 249. The Labute approximate surface area is 104 Å². The molecule has 1 unspecified atom stereocenters. The Kier molecular flexibility index (Phi) is 5.40. The molecule has 1 atom stereocenters. The van der Waals surface area contributed by atoms with E-state index < -0.39 is 5.97 Å². The van der Waals surface area contributed by atoms with E-state index in [2.05, 4.69) is 4.90 Å². The van der Waals surface area contributed by atoms with Gasteiger partial charge < -0.3 is 9.84 Å². The van der Waals surface area contributed by atoms with E-state index in [0.29, 0.717) is 0 Å². The Morgan fingerprint density at radius 1 is 1.41 bits per heavy atom. The number of likely N-dealkylation sites (N-methyl/N-ethyl adjacent to an activating group) is 1. The van der Waals surface area contributed by atoms with Gasteiger partial charge in [0, 0.05) is 19.2 Å². The number of hydrogen-bond donors (Lipinski definition) is 1. The predicted octanol–water partition coefficient (Wildman–Crippen LogP) is 2.13. The third kappa shape index (κ3) is 3.96. The minimum absolute atomic E-state index is 0.146. The molecule has 4 heteroatoms. The Balaban J connectivity index is 2.70. The summed E-state index contributed by atoms with van der Waals surface area (Å²) in [6.07, 6.45) is 5.89. The fourth-order valence-corrected chi connectivity index (χ4v) is 2.84. The van der Waals surface area contributed by atoms with Crippen LogP contribution in [0.1, 0.15) is 45.4 Å². The fraction of sp³-hybridized carbons (Fsp3) is 0.923. The highest BCUT2D eigenvalue weighted by Crippen LogP contribution is 2.35. The van der Waals surface area contributed by atoms with Gasteiger partial charge in [0.1, 0.15) is 0 Å². The smallest absolute Gasteiger partial charge is 0.305 e. The van der Waals surface area contributed by atoms with Crippen LogP contribution in [0, 0.1) is 0 Å². The molecule has 1 aliphatic rings. The van der Waals surface area contributed by atoms with E-state index in [0.717, 1.165) is 32.2 Å². The van der Waals surface area contributed by atoms with E-state index in [1.807, 2.05) is 14.0 Å². The SMILES string of the molecule is COC(C)CN(C)C1(CC(=O)O)CCCCC1. The summed E-state index contributed by atoms with van der Waals surface area (Å²) in [5, 5.41) is 9.11. The standard InChI is InChI=1S/C13H25NO3/c1-11(17-3)10-14(2)13(9-12(15)16)7-5-4-6-8-13/h11H,4-10H2,1-3H3,(H,15,16). The highest BCUT2D eigenvalue weighted by atomic mass is 16.5. The summed E-state index contributed by atoms with van der Waals surface area (Å²) in [6.45, 7) is 2.82. The van der Waals surface area contributed by atoms with Gasteiger partial charge in [0.25, 0.3) is 0 Å². The molecule has 17 heavy (non-hydrogen) atoms. The molecule has 100 valence electrons. The average molecular weight is 243 g/mol. The molecule has 1 fully saturated rings. The lowest BCUT2D eigenvalue weighted by Gasteiger charge is -2.44. The summed E-state index contributed by atoms with van der Waals surface area (Å²) in [4.78, 5) is 13.3. The first-order valence-corrected chi connectivity index (χ1v) is 6.46. The molecule has 1 N–H and O–H groups in total. The number of hydrogen-bond acceptors (Lipinski definition) is 3. The minimum atomic E-state index is -0.691. The number of carboxylic acid groups (broad SMARTS) is 1. The van der Waals surface area contributed by atoms with Crippen molar-refractivity contribution in [1.82, 2.24) is 4.90 Å². The van der Waals surface area contributed by atoms with Crippen molar-refractivity contribution >= 4 is 5.97 Å². The van der Waals surface area contributed by atoms with Gasteiger partial charge in [-0.05, 0) is 26.8 Å². The van der Waals surface area contributed by atoms with Gasteiger partial charge in [-0.2, -0.15) is 0 Å². The lowest BCUT2D eigenvalue weighted by atomic mass is 9.78. The zero-order chi connectivity index (χ0) is 12.9. The van der Waals surface area contributed by atoms with Gasteiger partial charge in [-0.3, -0.25) is 9.69 Å². The van der Waals surface area contributed by atoms with E-state index in [4.69, 9.17) is 9.84 Å². The van der Waals surface area contributed by atoms with Crippen LogP contribution in [0.25, 0.3) is 0 Å². The normalized spacial score (nSPS) is 21.4. The molecule has 1 rings (SSSR count). The second-order valence-corrected chi connectivity index (χ2v) is 5.28. The average Bonchev–Trinajstić information content (AvgIpc) is 2.29. The van der Waals surface area contributed by atoms with Crippen LogP contribution in [0.2, 0.25) is 0 Å². The van der Waals surface area contributed by atoms with E-state index in [1.165, 1.54) is 6.42 Å². The Morgan fingerprint density at radius 3 is 2.47 bits per heavy atom. The Hall–Kier alpha value is -0.610. The summed E-state index contributed by atoms with van der Waals surface area (Å²) in [7, 11) is 3.73. The number of methoxy groups -OCH3 is 1. The van der Waals surface area contributed by atoms with Crippen molar-refractivity contribution in [2.75, 3.05) is 20.7 Å². The summed E-state index contributed by atoms with van der Waals surface area (Å²) in [6, 6.07) is 0. The van der Waals surface area contributed by atoms with E-state index >= 15 is 0 Å². The topological polar surface area (TPSA) is 49.8 Å². The summed E-state index contributed by atoms with van der Waals surface area (Å²) >= 11 is 0. The van der Waals surface area contributed by atoms with Gasteiger partial charge in [0.2, 0.25) is 0 Å². The Morgan fingerprint density at radius 2 is 2.00 bits per heavy atom. The van der Waals surface area contributed by atoms with Gasteiger partial charge in [-0.1, -0.05) is 19.3 Å². The lowest BCUT2D eigenvalue weighted by molar-refractivity contribution is -0.141. The zero-order valence-corrected chi connectivity index (χ0v) is 11.2. The molecule has 0 aromatic heterocycles. The monoisotopic (exact) mass is 243 g/mol. The van der Waals surface area contributed by atoms with Crippen LogP contribution in [0.5, 0.6) is 0 Å². The van der Waals surface area contributed by atoms with Crippen molar-refractivity contribution < 1.29 is 14.6 Å². The first kappa shape index (κ1) is 14.5. The van der Waals surface area contributed by atoms with Gasteiger partial charge in [-0.25, -0.2) is 0 Å². The van der Waals surface area contributed by atoms with Crippen molar-refractivity contribution in [3.63, 3.8) is 0 Å². The van der Waals surface area contributed by atoms with Crippen LogP contribution < -0.4 is 0 Å². The molecular formula is C13H25NO3.